The highest BCUT2D eigenvalue weighted by atomic mass is 16.5. The van der Waals surface area contributed by atoms with E-state index >= 15 is 0 Å². The molecule has 1 saturated carbocycles. The van der Waals surface area contributed by atoms with Crippen molar-refractivity contribution in [3.8, 4) is 0 Å². The zero-order valence-electron chi connectivity index (χ0n) is 18.3. The van der Waals surface area contributed by atoms with Crippen LogP contribution in [-0.4, -0.2) is 67.9 Å². The third-order valence-corrected chi connectivity index (χ3v) is 5.70. The number of rotatable bonds is 7. The number of anilines is 1. The number of nitrogens with one attached hydrogen (secondary N) is 1. The van der Waals surface area contributed by atoms with E-state index in [0.29, 0.717) is 12.8 Å². The number of amides is 3. The predicted molar refractivity (Wildman–Crippen MR) is 111 cm³/mol. The van der Waals surface area contributed by atoms with Crippen LogP contribution in [0.3, 0.4) is 0 Å². The zero-order chi connectivity index (χ0) is 24.1. The van der Waals surface area contributed by atoms with Crippen LogP contribution in [0.5, 0.6) is 0 Å². The number of ether oxygens (including phenoxy) is 3. The molecule has 2 aliphatic rings. The standard InChI is InChI=1S/C22H24N2O9/c1-31-21(29)12-7-8-15(22(30)32-2)16(9-12)23-17(25)11-33-18(26)10-24-19(27)13-5-3-4-6-14(13)20(24)28/h7-9,13-14H,3-6,10-11H2,1-2H3,(H,23,25)/t13-,14+. The summed E-state index contributed by atoms with van der Waals surface area (Å²) in [5.41, 5.74) is 0.00504. The van der Waals surface area contributed by atoms with Gasteiger partial charge in [0.25, 0.3) is 5.91 Å². The van der Waals surface area contributed by atoms with Crippen molar-refractivity contribution in [2.24, 2.45) is 11.8 Å². The highest BCUT2D eigenvalue weighted by Gasteiger charge is 2.48. The van der Waals surface area contributed by atoms with Crippen molar-refractivity contribution < 1.29 is 43.0 Å². The maximum atomic E-state index is 12.4. The third-order valence-electron chi connectivity index (χ3n) is 5.70. The Morgan fingerprint density at radius 1 is 0.970 bits per heavy atom. The van der Waals surface area contributed by atoms with Crippen molar-refractivity contribution in [2.45, 2.75) is 25.7 Å². The van der Waals surface area contributed by atoms with Gasteiger partial charge in [-0.05, 0) is 31.0 Å². The molecule has 1 heterocycles. The lowest BCUT2D eigenvalue weighted by molar-refractivity contribution is -0.154. The van der Waals surface area contributed by atoms with Gasteiger partial charge in [0.15, 0.2) is 6.61 Å². The van der Waals surface area contributed by atoms with Gasteiger partial charge in [0.2, 0.25) is 11.8 Å². The smallest absolute Gasteiger partial charge is 0.339 e. The molecule has 0 bridgehead atoms. The van der Waals surface area contributed by atoms with Gasteiger partial charge in [0.05, 0.1) is 42.9 Å². The van der Waals surface area contributed by atoms with E-state index in [1.165, 1.54) is 25.3 Å². The van der Waals surface area contributed by atoms with Gasteiger partial charge in [0.1, 0.15) is 6.54 Å². The van der Waals surface area contributed by atoms with Gasteiger partial charge in [-0.15, -0.1) is 0 Å². The second-order valence-electron chi connectivity index (χ2n) is 7.71. The molecule has 1 N–H and O–H groups in total. The van der Waals surface area contributed by atoms with Gasteiger partial charge in [-0.1, -0.05) is 12.8 Å². The molecule has 0 aromatic heterocycles. The Morgan fingerprint density at radius 3 is 2.15 bits per heavy atom. The van der Waals surface area contributed by atoms with E-state index in [4.69, 9.17) is 4.74 Å². The van der Waals surface area contributed by atoms with Gasteiger partial charge in [-0.3, -0.25) is 24.1 Å². The van der Waals surface area contributed by atoms with Crippen molar-refractivity contribution >= 4 is 41.3 Å². The van der Waals surface area contributed by atoms with E-state index in [0.717, 1.165) is 24.9 Å². The minimum atomic E-state index is -0.915. The summed E-state index contributed by atoms with van der Waals surface area (Å²) >= 11 is 0. The highest BCUT2D eigenvalue weighted by Crippen LogP contribution is 2.37. The van der Waals surface area contributed by atoms with Gasteiger partial charge in [-0.2, -0.15) is 0 Å². The molecule has 0 radical (unpaired) electrons. The Morgan fingerprint density at radius 2 is 1.58 bits per heavy atom. The average Bonchev–Trinajstić information content (AvgIpc) is 3.06. The number of hydrogen-bond donors (Lipinski definition) is 1. The predicted octanol–water partition coefficient (Wildman–Crippen LogP) is 0.917. The summed E-state index contributed by atoms with van der Waals surface area (Å²) in [7, 11) is 2.33. The van der Waals surface area contributed by atoms with Crippen LogP contribution in [0.25, 0.3) is 0 Å². The molecule has 3 rings (SSSR count). The third kappa shape index (κ3) is 5.18. The first-order valence-electron chi connectivity index (χ1n) is 10.4. The monoisotopic (exact) mass is 460 g/mol. The van der Waals surface area contributed by atoms with E-state index in [2.05, 4.69) is 14.8 Å². The van der Waals surface area contributed by atoms with Crippen LogP contribution in [0.2, 0.25) is 0 Å². The van der Waals surface area contributed by atoms with Crippen molar-refractivity contribution in [2.75, 3.05) is 32.7 Å². The van der Waals surface area contributed by atoms with E-state index in [1.807, 2.05) is 0 Å². The first kappa shape index (κ1) is 23.9. The van der Waals surface area contributed by atoms with E-state index < -0.39 is 37.0 Å². The Balaban J connectivity index is 1.60. The number of likely N-dealkylation sites (tertiary alicyclic amines) is 1. The number of imide groups is 1. The Bertz CT molecular complexity index is 980. The highest BCUT2D eigenvalue weighted by molar-refractivity contribution is 6.07. The summed E-state index contributed by atoms with van der Waals surface area (Å²) < 4.78 is 14.2. The molecular weight excluding hydrogens is 436 g/mol. The molecule has 11 heteroatoms. The SMILES string of the molecule is COC(=O)c1ccc(C(=O)OC)c(NC(=O)COC(=O)CN2C(=O)[C@H]3CCCC[C@H]3C2=O)c1. The van der Waals surface area contributed by atoms with Crippen molar-refractivity contribution in [3.63, 3.8) is 0 Å². The molecule has 11 nitrogen and oxygen atoms in total. The lowest BCUT2D eigenvalue weighted by Gasteiger charge is -2.19. The summed E-state index contributed by atoms with van der Waals surface area (Å²) in [4.78, 5) is 74.0. The fourth-order valence-electron chi connectivity index (χ4n) is 4.07. The van der Waals surface area contributed by atoms with E-state index in [1.54, 1.807) is 0 Å². The normalized spacial score (nSPS) is 19.5. The molecule has 33 heavy (non-hydrogen) atoms. The Kier molecular flexibility index (Phi) is 7.41. The molecule has 3 amide bonds. The second kappa shape index (κ2) is 10.2. The maximum Gasteiger partial charge on any atom is 0.339 e. The molecular formula is C22H24N2O9. The Labute approximate surface area is 189 Å². The molecule has 2 atom stereocenters. The molecule has 2 fully saturated rings. The molecule has 0 unspecified atom stereocenters. The fraction of sp³-hybridized carbons (Fsp3) is 0.455. The quantitative estimate of drug-likeness (QED) is 0.356. The molecule has 1 saturated heterocycles. The first-order chi connectivity index (χ1) is 15.8. The molecule has 1 aromatic carbocycles. The number of nitrogens with zero attached hydrogens (tertiary/aromatic N) is 1. The van der Waals surface area contributed by atoms with Crippen LogP contribution in [0.1, 0.15) is 46.4 Å². The van der Waals surface area contributed by atoms with Crippen LogP contribution in [0.4, 0.5) is 5.69 Å². The lowest BCUT2D eigenvalue weighted by atomic mass is 9.81. The summed E-state index contributed by atoms with van der Waals surface area (Å²) in [6.07, 6.45) is 2.97. The topological polar surface area (TPSA) is 145 Å². The van der Waals surface area contributed by atoms with E-state index in [9.17, 15) is 28.8 Å². The average molecular weight is 460 g/mol. The number of methoxy groups -OCH3 is 2. The van der Waals surface area contributed by atoms with Gasteiger partial charge in [-0.25, -0.2) is 9.59 Å². The second-order valence-corrected chi connectivity index (χ2v) is 7.71. The number of hydrogen-bond acceptors (Lipinski definition) is 9. The summed E-state index contributed by atoms with van der Waals surface area (Å²) in [6, 6.07) is 3.83. The summed E-state index contributed by atoms with van der Waals surface area (Å²) in [5.74, 6) is -4.70. The van der Waals surface area contributed by atoms with Crippen molar-refractivity contribution in [1.82, 2.24) is 4.90 Å². The number of benzene rings is 1. The largest absolute Gasteiger partial charge is 0.465 e. The first-order valence-corrected chi connectivity index (χ1v) is 10.4. The minimum absolute atomic E-state index is 0.0271. The zero-order valence-corrected chi connectivity index (χ0v) is 18.3. The Hall–Kier alpha value is -3.76. The number of esters is 3. The number of carbonyl (C=O) groups excluding carboxylic acids is 6. The summed E-state index contributed by atoms with van der Waals surface area (Å²) in [5, 5.41) is 2.38. The maximum absolute atomic E-state index is 12.4. The van der Waals surface area contributed by atoms with Gasteiger partial charge < -0.3 is 19.5 Å². The van der Waals surface area contributed by atoms with Crippen LogP contribution in [0.15, 0.2) is 18.2 Å². The van der Waals surface area contributed by atoms with Gasteiger partial charge in [0, 0.05) is 0 Å². The molecule has 1 aliphatic heterocycles. The van der Waals surface area contributed by atoms with Crippen LogP contribution >= 0.6 is 0 Å². The number of carbonyl (C=O) groups is 6. The lowest BCUT2D eigenvalue weighted by Crippen LogP contribution is -2.37. The molecule has 176 valence electrons. The number of fused-ring (bicyclic) bond motifs is 1. The fourth-order valence-corrected chi connectivity index (χ4v) is 4.07. The van der Waals surface area contributed by atoms with Crippen LogP contribution in [-0.2, 0) is 33.4 Å². The van der Waals surface area contributed by atoms with E-state index in [-0.39, 0.29) is 40.5 Å². The van der Waals surface area contributed by atoms with Crippen LogP contribution < -0.4 is 5.32 Å². The van der Waals surface area contributed by atoms with Crippen molar-refractivity contribution in [3.05, 3.63) is 29.3 Å². The van der Waals surface area contributed by atoms with Crippen LogP contribution in [0, 0.1) is 11.8 Å². The molecule has 0 spiro atoms. The minimum Gasteiger partial charge on any atom is -0.465 e. The van der Waals surface area contributed by atoms with Gasteiger partial charge >= 0.3 is 17.9 Å². The molecule has 1 aromatic rings. The summed E-state index contributed by atoms with van der Waals surface area (Å²) in [6.45, 7) is -1.30. The van der Waals surface area contributed by atoms with Crippen molar-refractivity contribution in [1.29, 1.82) is 0 Å². The molecule has 1 aliphatic carbocycles.